The van der Waals surface area contributed by atoms with Gasteiger partial charge in [0.15, 0.2) is 17.7 Å². The summed E-state index contributed by atoms with van der Waals surface area (Å²) in [6.07, 6.45) is 3.23. The van der Waals surface area contributed by atoms with Gasteiger partial charge >= 0.3 is 5.63 Å². The second kappa shape index (κ2) is 6.12. The highest BCUT2D eigenvalue weighted by Gasteiger charge is 2.83. The standard InChI is InChI=1S/C27H30O7/c1-11-8-15(28)10-18-25(5)16(11)6-7-26-21(25)17(32-18)9-12(2)27(26)22(33-24(26)30)19-20(34-27)13(3)14(4)31-23(19)29/h8-9,16-18,21-22,24,30H,6-7,10H2,1-5H3. The number of hydrogen-bond acceptors (Lipinski definition) is 7. The first-order valence-electron chi connectivity index (χ1n) is 12.3. The number of aliphatic hydroxyl groups excluding tert-OH is 1. The van der Waals surface area contributed by atoms with Gasteiger partial charge in [-0.2, -0.15) is 0 Å². The maximum atomic E-state index is 13.1. The molecule has 0 bridgehead atoms. The van der Waals surface area contributed by atoms with Gasteiger partial charge < -0.3 is 23.7 Å². The lowest BCUT2D eigenvalue weighted by atomic mass is 9.42. The van der Waals surface area contributed by atoms with Gasteiger partial charge in [-0.1, -0.05) is 18.6 Å². The van der Waals surface area contributed by atoms with E-state index in [1.165, 1.54) is 0 Å². The Kier molecular flexibility index (Phi) is 3.80. The van der Waals surface area contributed by atoms with Crippen LogP contribution >= 0.6 is 0 Å². The number of ketones is 1. The van der Waals surface area contributed by atoms with E-state index in [1.54, 1.807) is 13.0 Å². The van der Waals surface area contributed by atoms with Crippen LogP contribution in [-0.2, 0) is 14.3 Å². The first-order chi connectivity index (χ1) is 16.1. The minimum Gasteiger partial charge on any atom is -0.478 e. The molecule has 3 fully saturated rings. The van der Waals surface area contributed by atoms with Crippen LogP contribution in [0, 0.1) is 36.5 Å². The number of carbonyl (C=O) groups excluding carboxylic acids is 1. The molecule has 7 rings (SSSR count). The summed E-state index contributed by atoms with van der Waals surface area (Å²) in [6.45, 7) is 9.91. The Balaban J connectivity index is 1.50. The fourth-order valence-electron chi connectivity index (χ4n) is 8.98. The lowest BCUT2D eigenvalue weighted by Gasteiger charge is -2.61. The third-order valence-electron chi connectivity index (χ3n) is 10.4. The van der Waals surface area contributed by atoms with Gasteiger partial charge in [-0.05, 0) is 58.1 Å². The predicted molar refractivity (Wildman–Crippen MR) is 120 cm³/mol. The van der Waals surface area contributed by atoms with Crippen LogP contribution in [0.15, 0.2) is 32.5 Å². The summed E-state index contributed by atoms with van der Waals surface area (Å²) in [6, 6.07) is 0. The molecule has 34 heavy (non-hydrogen) atoms. The van der Waals surface area contributed by atoms with E-state index in [1.807, 2.05) is 20.8 Å². The van der Waals surface area contributed by atoms with Gasteiger partial charge in [0.1, 0.15) is 23.2 Å². The first-order valence-corrected chi connectivity index (χ1v) is 12.3. The topological polar surface area (TPSA) is 95.2 Å². The zero-order valence-electron chi connectivity index (χ0n) is 20.1. The van der Waals surface area contributed by atoms with Crippen molar-refractivity contribution in [1.29, 1.82) is 0 Å². The second-order valence-corrected chi connectivity index (χ2v) is 11.5. The summed E-state index contributed by atoms with van der Waals surface area (Å²) in [4.78, 5) is 25.8. The molecule has 1 aromatic heterocycles. The van der Waals surface area contributed by atoms with E-state index >= 15 is 0 Å². The van der Waals surface area contributed by atoms with Gasteiger partial charge in [-0.15, -0.1) is 0 Å². The normalized spacial score (nSPS) is 47.6. The molecule has 0 aromatic carbocycles. The molecule has 6 aliphatic rings. The number of fused-ring (bicyclic) bond motifs is 2. The van der Waals surface area contributed by atoms with Crippen molar-refractivity contribution in [3.63, 3.8) is 0 Å². The predicted octanol–water partition coefficient (Wildman–Crippen LogP) is 3.44. The molecule has 0 radical (unpaired) electrons. The van der Waals surface area contributed by atoms with Crippen molar-refractivity contribution in [2.45, 2.75) is 84.1 Å². The summed E-state index contributed by atoms with van der Waals surface area (Å²) < 4.78 is 25.4. The highest BCUT2D eigenvalue weighted by atomic mass is 16.7. The molecule has 9 unspecified atom stereocenters. The van der Waals surface area contributed by atoms with Crippen LogP contribution in [0.2, 0.25) is 0 Å². The highest BCUT2D eigenvalue weighted by molar-refractivity contribution is 5.91. The molecular weight excluding hydrogens is 436 g/mol. The fraction of sp³-hybridized carbons (Fsp3) is 0.630. The van der Waals surface area contributed by atoms with E-state index in [-0.39, 0.29) is 35.2 Å². The smallest absolute Gasteiger partial charge is 0.345 e. The minimum absolute atomic E-state index is 0.0931. The van der Waals surface area contributed by atoms with Crippen LogP contribution in [0.25, 0.3) is 0 Å². The van der Waals surface area contributed by atoms with Crippen molar-refractivity contribution in [3.8, 4) is 5.75 Å². The Labute approximate surface area is 197 Å². The van der Waals surface area contributed by atoms with Crippen molar-refractivity contribution < 1.29 is 28.5 Å². The number of hydrogen-bond donors (Lipinski definition) is 1. The van der Waals surface area contributed by atoms with Crippen molar-refractivity contribution in [3.05, 3.63) is 50.6 Å². The van der Waals surface area contributed by atoms with Crippen molar-refractivity contribution >= 4 is 5.78 Å². The maximum Gasteiger partial charge on any atom is 0.345 e. The number of aliphatic hydroxyl groups is 1. The summed E-state index contributed by atoms with van der Waals surface area (Å²) in [7, 11) is 0. The van der Waals surface area contributed by atoms with E-state index in [9.17, 15) is 14.7 Å². The molecule has 7 nitrogen and oxygen atoms in total. The third kappa shape index (κ3) is 1.97. The number of carbonyl (C=O) groups is 1. The monoisotopic (exact) mass is 466 g/mol. The number of ether oxygens (including phenoxy) is 3. The molecule has 1 N–H and O–H groups in total. The summed E-state index contributed by atoms with van der Waals surface area (Å²) in [5, 5.41) is 11.7. The Morgan fingerprint density at radius 1 is 1.12 bits per heavy atom. The van der Waals surface area contributed by atoms with Gasteiger partial charge in [0, 0.05) is 23.3 Å². The average Bonchev–Trinajstić information content (AvgIpc) is 3.30. The molecular formula is C27H30O7. The van der Waals surface area contributed by atoms with Crippen LogP contribution in [0.1, 0.15) is 63.0 Å². The summed E-state index contributed by atoms with van der Waals surface area (Å²) >= 11 is 0. The lowest BCUT2D eigenvalue weighted by molar-refractivity contribution is -0.205. The van der Waals surface area contributed by atoms with E-state index in [2.05, 4.69) is 13.0 Å². The van der Waals surface area contributed by atoms with E-state index in [0.29, 0.717) is 29.9 Å². The highest BCUT2D eigenvalue weighted by Crippen LogP contribution is 2.77. The van der Waals surface area contributed by atoms with Crippen molar-refractivity contribution in [2.75, 3.05) is 0 Å². The van der Waals surface area contributed by atoms with E-state index in [0.717, 1.165) is 23.1 Å². The molecule has 0 amide bonds. The first kappa shape index (κ1) is 21.1. The third-order valence-corrected chi connectivity index (χ3v) is 10.4. The Morgan fingerprint density at radius 3 is 2.65 bits per heavy atom. The van der Waals surface area contributed by atoms with Crippen LogP contribution in [0.5, 0.6) is 5.75 Å². The number of rotatable bonds is 0. The van der Waals surface area contributed by atoms with E-state index in [4.69, 9.17) is 18.6 Å². The van der Waals surface area contributed by atoms with Crippen LogP contribution in [0.3, 0.4) is 0 Å². The maximum absolute atomic E-state index is 13.1. The quantitative estimate of drug-likeness (QED) is 0.585. The fourth-order valence-corrected chi connectivity index (χ4v) is 8.98. The van der Waals surface area contributed by atoms with Gasteiger partial charge in [-0.25, -0.2) is 4.79 Å². The molecule has 4 heterocycles. The van der Waals surface area contributed by atoms with Crippen LogP contribution in [0.4, 0.5) is 0 Å². The molecule has 180 valence electrons. The minimum atomic E-state index is -1.13. The SMILES string of the molecule is CC1=CC(=O)CC2OC3C=C(C)C45Oc6c(C)c(C)oc(=O)c6C4OC(O)C54CCC1C2(C)C34. The Morgan fingerprint density at radius 2 is 1.88 bits per heavy atom. The molecule has 3 aliphatic carbocycles. The molecule has 1 saturated carbocycles. The zero-order chi connectivity index (χ0) is 23.9. The molecule has 7 heteroatoms. The molecule has 9 atom stereocenters. The number of allylic oxidation sites excluding steroid dienone is 2. The van der Waals surface area contributed by atoms with Gasteiger partial charge in [0.05, 0.1) is 17.6 Å². The Hall–Kier alpha value is -2.22. The van der Waals surface area contributed by atoms with Gasteiger partial charge in [0.2, 0.25) is 0 Å². The average molecular weight is 467 g/mol. The van der Waals surface area contributed by atoms with Crippen LogP contribution in [-0.4, -0.2) is 35.0 Å². The zero-order valence-corrected chi connectivity index (χ0v) is 20.1. The summed E-state index contributed by atoms with van der Waals surface area (Å²) in [5.41, 5.74) is 0.429. The molecule has 1 aromatic rings. The molecule has 2 saturated heterocycles. The van der Waals surface area contributed by atoms with Gasteiger partial charge in [-0.3, -0.25) is 4.79 Å². The van der Waals surface area contributed by atoms with Gasteiger partial charge in [0.25, 0.3) is 0 Å². The van der Waals surface area contributed by atoms with Crippen LogP contribution < -0.4 is 10.4 Å². The van der Waals surface area contributed by atoms with Crippen molar-refractivity contribution in [1.82, 2.24) is 0 Å². The van der Waals surface area contributed by atoms with E-state index < -0.39 is 29.0 Å². The Bertz CT molecular complexity index is 1290. The second-order valence-electron chi connectivity index (χ2n) is 11.5. The largest absolute Gasteiger partial charge is 0.478 e. The lowest BCUT2D eigenvalue weighted by Crippen LogP contribution is -2.67. The molecule has 2 spiro atoms. The molecule has 3 aliphatic heterocycles. The summed E-state index contributed by atoms with van der Waals surface area (Å²) in [5.74, 6) is 1.16. The number of aryl methyl sites for hydroxylation is 1. The van der Waals surface area contributed by atoms with Crippen molar-refractivity contribution in [2.24, 2.45) is 22.7 Å².